The number of hydrogen-bond acceptors (Lipinski definition) is 4. The van der Waals surface area contributed by atoms with Crippen LogP contribution in [0.25, 0.3) is 10.8 Å². The fourth-order valence-corrected chi connectivity index (χ4v) is 5.73. The average Bonchev–Trinajstić information content (AvgIpc) is 3.08. The number of sulfonamides is 2. The molecule has 4 rings (SSSR count). The molecule has 0 saturated carbocycles. The van der Waals surface area contributed by atoms with Crippen LogP contribution in [0.1, 0.15) is 16.7 Å². The Labute approximate surface area is 164 Å². The molecule has 0 radical (unpaired) electrons. The molecule has 3 aromatic rings. The van der Waals surface area contributed by atoms with Gasteiger partial charge in [0.1, 0.15) is 0 Å². The molecule has 146 valence electrons. The third kappa shape index (κ3) is 3.07. The van der Waals surface area contributed by atoms with Crippen LogP contribution in [0.4, 0.5) is 5.69 Å². The van der Waals surface area contributed by atoms with Crippen molar-refractivity contribution in [1.29, 1.82) is 0 Å². The number of benzene rings is 3. The van der Waals surface area contributed by atoms with Crippen molar-refractivity contribution in [3.05, 3.63) is 65.2 Å². The Balaban J connectivity index is 1.82. The van der Waals surface area contributed by atoms with Gasteiger partial charge in [0.05, 0.1) is 15.5 Å². The van der Waals surface area contributed by atoms with Crippen LogP contribution in [-0.2, 0) is 32.9 Å². The summed E-state index contributed by atoms with van der Waals surface area (Å²) in [4.78, 5) is 0.190. The predicted octanol–water partition coefficient (Wildman–Crippen LogP) is 2.96. The van der Waals surface area contributed by atoms with Gasteiger partial charge in [-0.1, -0.05) is 30.3 Å². The molecule has 0 heterocycles. The standard InChI is InChI=1S/C20H20N2O4S2/c1-13-6-10-16(27(23,24)21-2)12-18(13)22-28(25,26)19-11-9-15-8-7-14-4-3-5-17(19)20(14)15/h3-6,9-12,21-22H,7-8H2,1-2H3. The summed E-state index contributed by atoms with van der Waals surface area (Å²) in [5.41, 5.74) is 3.18. The van der Waals surface area contributed by atoms with Crippen molar-refractivity contribution in [2.24, 2.45) is 0 Å². The topological polar surface area (TPSA) is 92.3 Å². The van der Waals surface area contributed by atoms with Crippen LogP contribution in [0.3, 0.4) is 0 Å². The van der Waals surface area contributed by atoms with Gasteiger partial charge >= 0.3 is 0 Å². The van der Waals surface area contributed by atoms with Gasteiger partial charge in [-0.15, -0.1) is 0 Å². The highest BCUT2D eigenvalue weighted by molar-refractivity contribution is 7.93. The van der Waals surface area contributed by atoms with Crippen molar-refractivity contribution >= 4 is 36.5 Å². The van der Waals surface area contributed by atoms with E-state index in [9.17, 15) is 16.8 Å². The molecule has 0 unspecified atom stereocenters. The van der Waals surface area contributed by atoms with Crippen LogP contribution >= 0.6 is 0 Å². The Bertz CT molecular complexity index is 1300. The number of rotatable bonds is 5. The van der Waals surface area contributed by atoms with Gasteiger partial charge in [-0.2, -0.15) is 0 Å². The van der Waals surface area contributed by atoms with E-state index in [1.165, 1.54) is 19.2 Å². The summed E-state index contributed by atoms with van der Waals surface area (Å²) in [6.07, 6.45) is 1.82. The molecule has 3 aromatic carbocycles. The maximum Gasteiger partial charge on any atom is 0.262 e. The number of aryl methyl sites for hydroxylation is 3. The molecule has 0 saturated heterocycles. The zero-order chi connectivity index (χ0) is 20.1. The van der Waals surface area contributed by atoms with Crippen LogP contribution in [0.5, 0.6) is 0 Å². The molecule has 0 spiro atoms. The minimum absolute atomic E-state index is 0.00120. The van der Waals surface area contributed by atoms with E-state index >= 15 is 0 Å². The molecule has 8 heteroatoms. The normalized spacial score (nSPS) is 13.8. The highest BCUT2D eigenvalue weighted by Gasteiger charge is 2.23. The third-order valence-electron chi connectivity index (χ3n) is 5.16. The molecule has 0 bridgehead atoms. The molecular formula is C20H20N2O4S2. The molecule has 2 N–H and O–H groups in total. The van der Waals surface area contributed by atoms with E-state index in [1.54, 1.807) is 19.1 Å². The smallest absolute Gasteiger partial charge is 0.262 e. The maximum absolute atomic E-state index is 13.2. The highest BCUT2D eigenvalue weighted by Crippen LogP contribution is 2.35. The Morgan fingerprint density at radius 2 is 1.57 bits per heavy atom. The van der Waals surface area contributed by atoms with Crippen LogP contribution < -0.4 is 9.44 Å². The first kappa shape index (κ1) is 18.9. The van der Waals surface area contributed by atoms with Crippen molar-refractivity contribution in [1.82, 2.24) is 4.72 Å². The first-order chi connectivity index (χ1) is 13.2. The SMILES string of the molecule is CNS(=O)(=O)c1ccc(C)c(NS(=O)(=O)c2ccc3c4c(cccc24)CC3)c1. The first-order valence-electron chi connectivity index (χ1n) is 8.83. The molecule has 6 nitrogen and oxygen atoms in total. The second-order valence-electron chi connectivity index (χ2n) is 6.85. The molecule has 0 aliphatic heterocycles. The van der Waals surface area contributed by atoms with E-state index in [1.807, 2.05) is 24.3 Å². The van der Waals surface area contributed by atoms with Crippen LogP contribution in [0.15, 0.2) is 58.3 Å². The first-order valence-corrected chi connectivity index (χ1v) is 11.8. The molecule has 1 aliphatic carbocycles. The van der Waals surface area contributed by atoms with Gasteiger partial charge in [0.25, 0.3) is 10.0 Å². The molecule has 0 fully saturated rings. The second kappa shape index (κ2) is 6.58. The van der Waals surface area contributed by atoms with E-state index in [-0.39, 0.29) is 15.5 Å². The summed E-state index contributed by atoms with van der Waals surface area (Å²) in [5, 5.41) is 1.70. The Morgan fingerprint density at radius 1 is 0.857 bits per heavy atom. The third-order valence-corrected chi connectivity index (χ3v) is 7.99. The zero-order valence-electron chi connectivity index (χ0n) is 15.5. The Kier molecular flexibility index (Phi) is 4.45. The summed E-state index contributed by atoms with van der Waals surface area (Å²) in [6, 6.07) is 13.6. The van der Waals surface area contributed by atoms with E-state index < -0.39 is 20.0 Å². The predicted molar refractivity (Wildman–Crippen MR) is 110 cm³/mol. The van der Waals surface area contributed by atoms with E-state index in [4.69, 9.17) is 0 Å². The molecule has 0 atom stereocenters. The monoisotopic (exact) mass is 416 g/mol. The van der Waals surface area contributed by atoms with Gasteiger partial charge in [-0.3, -0.25) is 4.72 Å². The summed E-state index contributed by atoms with van der Waals surface area (Å²) in [7, 11) is -6.27. The van der Waals surface area contributed by atoms with Crippen LogP contribution in [0.2, 0.25) is 0 Å². The van der Waals surface area contributed by atoms with Gasteiger partial charge < -0.3 is 0 Å². The lowest BCUT2D eigenvalue weighted by molar-refractivity contribution is 0.588. The van der Waals surface area contributed by atoms with Crippen molar-refractivity contribution in [2.45, 2.75) is 29.6 Å². The molecule has 1 aliphatic rings. The van der Waals surface area contributed by atoms with Gasteiger partial charge in [-0.25, -0.2) is 21.6 Å². The molecule has 0 amide bonds. The highest BCUT2D eigenvalue weighted by atomic mass is 32.2. The molecule has 28 heavy (non-hydrogen) atoms. The van der Waals surface area contributed by atoms with Gasteiger partial charge in [0, 0.05) is 5.39 Å². The van der Waals surface area contributed by atoms with E-state index in [0.717, 1.165) is 29.4 Å². The quantitative estimate of drug-likeness (QED) is 0.669. The molecular weight excluding hydrogens is 396 g/mol. The summed E-state index contributed by atoms with van der Waals surface area (Å²) in [6.45, 7) is 1.72. The van der Waals surface area contributed by atoms with E-state index in [0.29, 0.717) is 10.9 Å². The lowest BCUT2D eigenvalue weighted by Gasteiger charge is -2.14. The van der Waals surface area contributed by atoms with E-state index in [2.05, 4.69) is 9.44 Å². The number of nitrogens with one attached hydrogen (secondary N) is 2. The van der Waals surface area contributed by atoms with Gasteiger partial charge in [0.2, 0.25) is 10.0 Å². The Hall–Kier alpha value is -2.42. The Morgan fingerprint density at radius 3 is 2.29 bits per heavy atom. The van der Waals surface area contributed by atoms with Crippen LogP contribution in [-0.4, -0.2) is 23.9 Å². The molecule has 0 aromatic heterocycles. The van der Waals surface area contributed by atoms with Crippen LogP contribution in [0, 0.1) is 6.92 Å². The van der Waals surface area contributed by atoms with Crippen molar-refractivity contribution < 1.29 is 16.8 Å². The van der Waals surface area contributed by atoms with Crippen molar-refractivity contribution in [3.8, 4) is 0 Å². The second-order valence-corrected chi connectivity index (χ2v) is 10.4. The average molecular weight is 417 g/mol. The fourth-order valence-electron chi connectivity index (χ4n) is 3.65. The lowest BCUT2D eigenvalue weighted by Crippen LogP contribution is -2.19. The largest absolute Gasteiger partial charge is 0.279 e. The fraction of sp³-hybridized carbons (Fsp3) is 0.200. The minimum atomic E-state index is -3.90. The van der Waals surface area contributed by atoms with Crippen molar-refractivity contribution in [3.63, 3.8) is 0 Å². The van der Waals surface area contributed by atoms with Gasteiger partial charge in [-0.05, 0) is 67.1 Å². The summed E-state index contributed by atoms with van der Waals surface area (Å²) in [5.74, 6) is 0. The number of anilines is 1. The lowest BCUT2D eigenvalue weighted by atomic mass is 10.1. The minimum Gasteiger partial charge on any atom is -0.279 e. The van der Waals surface area contributed by atoms with Gasteiger partial charge in [0.15, 0.2) is 0 Å². The van der Waals surface area contributed by atoms with Crippen molar-refractivity contribution in [2.75, 3.05) is 11.8 Å². The summed E-state index contributed by atoms with van der Waals surface area (Å²) >= 11 is 0. The summed E-state index contributed by atoms with van der Waals surface area (Å²) < 4.78 is 55.3. The maximum atomic E-state index is 13.2. The number of hydrogen-bond donors (Lipinski definition) is 2. The zero-order valence-corrected chi connectivity index (χ0v) is 17.1.